The number of carbonyl (C=O) groups is 1. The molecule has 0 aromatic carbocycles. The SMILES string of the molecule is CN=C(NCCc1nc(C)no1)N1CCN(C(C)=O)CC1. The Kier molecular flexibility index (Phi) is 5.13. The summed E-state index contributed by atoms with van der Waals surface area (Å²) in [6.45, 7) is 7.14. The molecule has 1 aliphatic heterocycles. The highest BCUT2D eigenvalue weighted by Gasteiger charge is 2.20. The van der Waals surface area contributed by atoms with E-state index in [-0.39, 0.29) is 5.91 Å². The highest BCUT2D eigenvalue weighted by atomic mass is 16.5. The molecule has 1 N–H and O–H groups in total. The number of piperazine rings is 1. The molecule has 1 aromatic rings. The first-order valence-electron chi connectivity index (χ1n) is 7.10. The van der Waals surface area contributed by atoms with Crippen LogP contribution < -0.4 is 5.32 Å². The van der Waals surface area contributed by atoms with Crippen molar-refractivity contribution in [2.75, 3.05) is 39.8 Å². The summed E-state index contributed by atoms with van der Waals surface area (Å²) in [5.74, 6) is 2.24. The van der Waals surface area contributed by atoms with Gasteiger partial charge in [-0.2, -0.15) is 4.98 Å². The average molecular weight is 294 g/mol. The fraction of sp³-hybridized carbons (Fsp3) is 0.692. The Morgan fingerprint density at radius 1 is 1.33 bits per heavy atom. The van der Waals surface area contributed by atoms with Crippen LogP contribution in [0.5, 0.6) is 0 Å². The van der Waals surface area contributed by atoms with Crippen molar-refractivity contribution >= 4 is 11.9 Å². The Morgan fingerprint density at radius 2 is 2.00 bits per heavy atom. The van der Waals surface area contributed by atoms with Crippen LogP contribution in [0.2, 0.25) is 0 Å². The van der Waals surface area contributed by atoms with E-state index in [1.165, 1.54) is 0 Å². The summed E-state index contributed by atoms with van der Waals surface area (Å²) in [5, 5.41) is 7.04. The Bertz CT molecular complexity index is 505. The lowest BCUT2D eigenvalue weighted by Crippen LogP contribution is -2.53. The molecule has 0 saturated carbocycles. The van der Waals surface area contributed by atoms with E-state index in [4.69, 9.17) is 4.52 Å². The zero-order valence-corrected chi connectivity index (χ0v) is 12.8. The molecule has 1 aliphatic rings. The molecular formula is C13H22N6O2. The summed E-state index contributed by atoms with van der Waals surface area (Å²) < 4.78 is 5.07. The number of carbonyl (C=O) groups excluding carboxylic acids is 1. The van der Waals surface area contributed by atoms with Gasteiger partial charge in [0, 0.05) is 53.1 Å². The third kappa shape index (κ3) is 4.17. The number of guanidine groups is 1. The van der Waals surface area contributed by atoms with Crippen LogP contribution in [0.15, 0.2) is 9.52 Å². The minimum Gasteiger partial charge on any atom is -0.356 e. The standard InChI is InChI=1S/C13H22N6O2/c1-10-16-12(21-17-10)4-5-15-13(14-3)19-8-6-18(7-9-19)11(2)20/h4-9H2,1-3H3,(H,14,15). The maximum atomic E-state index is 11.3. The molecule has 1 fully saturated rings. The molecule has 2 heterocycles. The van der Waals surface area contributed by atoms with Gasteiger partial charge in [0.1, 0.15) is 0 Å². The summed E-state index contributed by atoms with van der Waals surface area (Å²) in [4.78, 5) is 23.8. The Hall–Kier alpha value is -2.12. The van der Waals surface area contributed by atoms with E-state index >= 15 is 0 Å². The molecule has 1 aromatic heterocycles. The molecule has 0 radical (unpaired) electrons. The van der Waals surface area contributed by atoms with Crippen molar-refractivity contribution in [2.45, 2.75) is 20.3 Å². The number of aryl methyl sites for hydroxylation is 1. The highest BCUT2D eigenvalue weighted by Crippen LogP contribution is 2.03. The average Bonchev–Trinajstić information content (AvgIpc) is 2.89. The highest BCUT2D eigenvalue weighted by molar-refractivity contribution is 5.80. The van der Waals surface area contributed by atoms with E-state index in [9.17, 15) is 4.79 Å². The topological polar surface area (TPSA) is 86.9 Å². The Balaban J connectivity index is 1.77. The van der Waals surface area contributed by atoms with Gasteiger partial charge in [-0.25, -0.2) is 0 Å². The van der Waals surface area contributed by atoms with E-state index in [1.807, 2.05) is 4.90 Å². The van der Waals surface area contributed by atoms with Crippen LogP contribution in [0.4, 0.5) is 0 Å². The molecule has 0 spiro atoms. The Labute approximate surface area is 124 Å². The first kappa shape index (κ1) is 15.3. The second kappa shape index (κ2) is 7.05. The van der Waals surface area contributed by atoms with Gasteiger partial charge in [-0.15, -0.1) is 0 Å². The number of aliphatic imine (C=N–C) groups is 1. The van der Waals surface area contributed by atoms with Gasteiger partial charge in [0.15, 0.2) is 11.8 Å². The van der Waals surface area contributed by atoms with E-state index in [0.717, 1.165) is 32.1 Å². The maximum absolute atomic E-state index is 11.3. The van der Waals surface area contributed by atoms with Crippen molar-refractivity contribution in [3.8, 4) is 0 Å². The number of nitrogens with zero attached hydrogens (tertiary/aromatic N) is 5. The Morgan fingerprint density at radius 3 is 2.52 bits per heavy atom. The zero-order chi connectivity index (χ0) is 15.2. The van der Waals surface area contributed by atoms with Crippen molar-refractivity contribution in [2.24, 2.45) is 4.99 Å². The van der Waals surface area contributed by atoms with Crippen LogP contribution >= 0.6 is 0 Å². The second-order valence-electron chi connectivity index (χ2n) is 4.95. The van der Waals surface area contributed by atoms with Crippen molar-refractivity contribution in [1.29, 1.82) is 0 Å². The summed E-state index contributed by atoms with van der Waals surface area (Å²) in [5.41, 5.74) is 0. The molecule has 0 unspecified atom stereocenters. The minimum absolute atomic E-state index is 0.129. The van der Waals surface area contributed by atoms with Gasteiger partial charge >= 0.3 is 0 Å². The first-order chi connectivity index (χ1) is 10.1. The van der Waals surface area contributed by atoms with Crippen LogP contribution in [0, 0.1) is 6.92 Å². The molecule has 8 heteroatoms. The minimum atomic E-state index is 0.129. The lowest BCUT2D eigenvalue weighted by Gasteiger charge is -2.36. The number of hydrogen-bond acceptors (Lipinski definition) is 5. The third-order valence-electron chi connectivity index (χ3n) is 3.43. The lowest BCUT2D eigenvalue weighted by molar-refractivity contribution is -0.130. The zero-order valence-electron chi connectivity index (χ0n) is 12.8. The largest absolute Gasteiger partial charge is 0.356 e. The maximum Gasteiger partial charge on any atom is 0.228 e. The van der Waals surface area contributed by atoms with Crippen LogP contribution in [0.1, 0.15) is 18.6 Å². The molecule has 2 rings (SSSR count). The van der Waals surface area contributed by atoms with Crippen molar-refractivity contribution in [3.63, 3.8) is 0 Å². The van der Waals surface area contributed by atoms with Crippen LogP contribution in [0.3, 0.4) is 0 Å². The molecule has 0 bridgehead atoms. The third-order valence-corrected chi connectivity index (χ3v) is 3.43. The van der Waals surface area contributed by atoms with E-state index in [0.29, 0.717) is 24.7 Å². The van der Waals surface area contributed by atoms with E-state index in [1.54, 1.807) is 20.9 Å². The normalized spacial score (nSPS) is 16.2. The van der Waals surface area contributed by atoms with Gasteiger partial charge in [0.25, 0.3) is 0 Å². The lowest BCUT2D eigenvalue weighted by atomic mass is 10.3. The number of amides is 1. The predicted octanol–water partition coefficient (Wildman–Crippen LogP) is -0.340. The summed E-state index contributed by atoms with van der Waals surface area (Å²) in [7, 11) is 1.76. The molecule has 1 amide bonds. The summed E-state index contributed by atoms with van der Waals surface area (Å²) in [6.07, 6.45) is 0.660. The van der Waals surface area contributed by atoms with Gasteiger partial charge in [-0.3, -0.25) is 9.79 Å². The summed E-state index contributed by atoms with van der Waals surface area (Å²) >= 11 is 0. The van der Waals surface area contributed by atoms with Crippen LogP contribution in [-0.4, -0.2) is 71.6 Å². The first-order valence-corrected chi connectivity index (χ1v) is 7.10. The van der Waals surface area contributed by atoms with Crippen LogP contribution in [0.25, 0.3) is 0 Å². The summed E-state index contributed by atoms with van der Waals surface area (Å²) in [6, 6.07) is 0. The van der Waals surface area contributed by atoms with Gasteiger partial charge < -0.3 is 19.6 Å². The number of rotatable bonds is 3. The van der Waals surface area contributed by atoms with Crippen molar-refractivity contribution < 1.29 is 9.32 Å². The molecule has 0 aliphatic carbocycles. The molecule has 8 nitrogen and oxygen atoms in total. The molecule has 0 atom stereocenters. The molecular weight excluding hydrogens is 272 g/mol. The van der Waals surface area contributed by atoms with Crippen molar-refractivity contribution in [3.05, 3.63) is 11.7 Å². The molecule has 21 heavy (non-hydrogen) atoms. The van der Waals surface area contributed by atoms with Crippen molar-refractivity contribution in [1.82, 2.24) is 25.3 Å². The number of hydrogen-bond donors (Lipinski definition) is 1. The molecule has 1 saturated heterocycles. The number of nitrogens with one attached hydrogen (secondary N) is 1. The van der Waals surface area contributed by atoms with Gasteiger partial charge in [0.05, 0.1) is 0 Å². The quantitative estimate of drug-likeness (QED) is 0.606. The van der Waals surface area contributed by atoms with Gasteiger partial charge in [0.2, 0.25) is 11.8 Å². The van der Waals surface area contributed by atoms with Gasteiger partial charge in [-0.05, 0) is 6.92 Å². The van der Waals surface area contributed by atoms with Crippen LogP contribution in [-0.2, 0) is 11.2 Å². The number of aromatic nitrogens is 2. The fourth-order valence-electron chi connectivity index (χ4n) is 2.29. The monoisotopic (exact) mass is 294 g/mol. The second-order valence-corrected chi connectivity index (χ2v) is 4.95. The van der Waals surface area contributed by atoms with E-state index < -0.39 is 0 Å². The van der Waals surface area contributed by atoms with Gasteiger partial charge in [-0.1, -0.05) is 5.16 Å². The van der Waals surface area contributed by atoms with E-state index in [2.05, 4.69) is 25.3 Å². The fourth-order valence-corrected chi connectivity index (χ4v) is 2.29. The predicted molar refractivity (Wildman–Crippen MR) is 77.9 cm³/mol. The molecule has 116 valence electrons. The smallest absolute Gasteiger partial charge is 0.228 e.